The normalized spacial score (nSPS) is 12.4. The number of nitrogens with zero attached hydrogens (tertiary/aromatic N) is 3. The van der Waals surface area contributed by atoms with Gasteiger partial charge in [0, 0.05) is 31.5 Å². The average Bonchev–Trinajstić information content (AvgIpc) is 2.87. The molecule has 0 saturated heterocycles. The molecule has 0 aliphatic carbocycles. The zero-order valence-corrected chi connectivity index (χ0v) is 11.2. The van der Waals surface area contributed by atoms with E-state index in [9.17, 15) is 0 Å². The molecule has 0 spiro atoms. The van der Waals surface area contributed by atoms with Gasteiger partial charge in [-0.05, 0) is 30.7 Å². The van der Waals surface area contributed by atoms with Crippen LogP contribution in [0.4, 0.5) is 5.69 Å². The fourth-order valence-electron chi connectivity index (χ4n) is 1.92. The van der Waals surface area contributed by atoms with Gasteiger partial charge in [-0.3, -0.25) is 0 Å². The van der Waals surface area contributed by atoms with Gasteiger partial charge in [-0.15, -0.1) is 0 Å². The molecule has 1 heterocycles. The van der Waals surface area contributed by atoms with Crippen LogP contribution in [0.2, 0.25) is 0 Å². The molecule has 2 aromatic rings. The molecule has 1 aromatic heterocycles. The van der Waals surface area contributed by atoms with E-state index in [1.165, 1.54) is 5.69 Å². The van der Waals surface area contributed by atoms with Crippen molar-refractivity contribution in [2.45, 2.75) is 19.4 Å². The van der Waals surface area contributed by atoms with Crippen LogP contribution in [0.5, 0.6) is 0 Å². The van der Waals surface area contributed by atoms with Crippen molar-refractivity contribution in [2.75, 3.05) is 19.0 Å². The second-order valence-corrected chi connectivity index (χ2v) is 4.61. The van der Waals surface area contributed by atoms with Crippen molar-refractivity contribution in [3.8, 4) is 5.69 Å². The predicted octanol–water partition coefficient (Wildman–Crippen LogP) is 2.35. The molecule has 0 amide bonds. The summed E-state index contributed by atoms with van der Waals surface area (Å²) in [4.78, 5) is 6.28. The van der Waals surface area contributed by atoms with Gasteiger partial charge in [0.2, 0.25) is 0 Å². The van der Waals surface area contributed by atoms with Gasteiger partial charge in [0.25, 0.3) is 0 Å². The first kappa shape index (κ1) is 12.6. The summed E-state index contributed by atoms with van der Waals surface area (Å²) in [5.41, 5.74) is 9.41. The summed E-state index contributed by atoms with van der Waals surface area (Å²) in [6.07, 6.45) is 4.56. The van der Waals surface area contributed by atoms with Crippen molar-refractivity contribution in [2.24, 2.45) is 5.73 Å². The summed E-state index contributed by atoms with van der Waals surface area (Å²) < 4.78 is 2.05. The van der Waals surface area contributed by atoms with E-state index in [4.69, 9.17) is 5.73 Å². The van der Waals surface area contributed by atoms with Crippen LogP contribution >= 0.6 is 0 Å². The molecule has 0 aliphatic heterocycles. The number of rotatable bonds is 4. The van der Waals surface area contributed by atoms with E-state index in [1.807, 2.05) is 31.2 Å². The van der Waals surface area contributed by atoms with Crippen LogP contribution in [0, 0.1) is 0 Å². The number of nitrogens with two attached hydrogens (primary N) is 1. The Kier molecular flexibility index (Phi) is 3.67. The lowest BCUT2D eigenvalue weighted by Crippen LogP contribution is -2.13. The van der Waals surface area contributed by atoms with Crippen LogP contribution in [0.1, 0.15) is 25.1 Å². The SMILES string of the molecule is CC[C@@H](N)c1cncn1-c1ccc(N(C)C)cc1. The van der Waals surface area contributed by atoms with Crippen LogP contribution in [-0.2, 0) is 0 Å². The van der Waals surface area contributed by atoms with Gasteiger partial charge in [-0.1, -0.05) is 6.92 Å². The van der Waals surface area contributed by atoms with Crippen LogP contribution in [0.25, 0.3) is 5.69 Å². The quantitative estimate of drug-likeness (QED) is 0.898. The summed E-state index contributed by atoms with van der Waals surface area (Å²) in [5.74, 6) is 0. The average molecular weight is 244 g/mol. The Bertz CT molecular complexity index is 499. The minimum atomic E-state index is 0.0287. The van der Waals surface area contributed by atoms with Crippen LogP contribution in [0.15, 0.2) is 36.8 Å². The smallest absolute Gasteiger partial charge is 0.0994 e. The van der Waals surface area contributed by atoms with Crippen molar-refractivity contribution in [1.82, 2.24) is 9.55 Å². The van der Waals surface area contributed by atoms with Gasteiger partial charge >= 0.3 is 0 Å². The van der Waals surface area contributed by atoms with E-state index in [2.05, 4.69) is 41.1 Å². The first-order chi connectivity index (χ1) is 8.63. The monoisotopic (exact) mass is 244 g/mol. The van der Waals surface area contributed by atoms with Crippen molar-refractivity contribution in [1.29, 1.82) is 0 Å². The van der Waals surface area contributed by atoms with E-state index in [0.29, 0.717) is 0 Å². The highest BCUT2D eigenvalue weighted by atomic mass is 15.1. The molecule has 0 saturated carbocycles. The van der Waals surface area contributed by atoms with E-state index in [0.717, 1.165) is 17.8 Å². The molecule has 4 nitrogen and oxygen atoms in total. The molecule has 0 bridgehead atoms. The highest BCUT2D eigenvalue weighted by Gasteiger charge is 2.10. The van der Waals surface area contributed by atoms with Gasteiger partial charge < -0.3 is 15.2 Å². The maximum Gasteiger partial charge on any atom is 0.0994 e. The third-order valence-electron chi connectivity index (χ3n) is 3.13. The third-order valence-corrected chi connectivity index (χ3v) is 3.13. The Morgan fingerprint density at radius 2 is 1.94 bits per heavy atom. The Hall–Kier alpha value is -1.81. The van der Waals surface area contributed by atoms with Gasteiger partial charge in [0.15, 0.2) is 0 Å². The summed E-state index contributed by atoms with van der Waals surface area (Å²) in [7, 11) is 4.06. The molecule has 0 fully saturated rings. The molecule has 4 heteroatoms. The van der Waals surface area contributed by atoms with Crippen molar-refractivity contribution in [3.05, 3.63) is 42.5 Å². The molecule has 1 atom stereocenters. The zero-order valence-electron chi connectivity index (χ0n) is 11.2. The Balaban J connectivity index is 2.34. The van der Waals surface area contributed by atoms with Crippen LogP contribution < -0.4 is 10.6 Å². The number of hydrogen-bond acceptors (Lipinski definition) is 3. The van der Waals surface area contributed by atoms with Crippen molar-refractivity contribution >= 4 is 5.69 Å². The second-order valence-electron chi connectivity index (χ2n) is 4.61. The largest absolute Gasteiger partial charge is 0.378 e. The maximum absolute atomic E-state index is 6.09. The standard InChI is InChI=1S/C14H20N4/c1-4-13(15)14-9-16-10-18(14)12-7-5-11(6-8-12)17(2)3/h5-10,13H,4,15H2,1-3H3/t13-/m1/s1. The first-order valence-corrected chi connectivity index (χ1v) is 6.19. The minimum Gasteiger partial charge on any atom is -0.378 e. The molecule has 1 aromatic carbocycles. The maximum atomic E-state index is 6.09. The summed E-state index contributed by atoms with van der Waals surface area (Å²) in [6.45, 7) is 2.08. The number of imidazole rings is 1. The van der Waals surface area contributed by atoms with Crippen molar-refractivity contribution < 1.29 is 0 Å². The molecule has 18 heavy (non-hydrogen) atoms. The number of aromatic nitrogens is 2. The molecule has 96 valence electrons. The molecule has 0 aliphatic rings. The Morgan fingerprint density at radius 3 is 2.50 bits per heavy atom. The first-order valence-electron chi connectivity index (χ1n) is 6.19. The van der Waals surface area contributed by atoms with Crippen molar-refractivity contribution in [3.63, 3.8) is 0 Å². The molecule has 2 rings (SSSR count). The third kappa shape index (κ3) is 2.38. The number of hydrogen-bond donors (Lipinski definition) is 1. The fraction of sp³-hybridized carbons (Fsp3) is 0.357. The van der Waals surface area contributed by atoms with Gasteiger partial charge in [-0.25, -0.2) is 4.98 Å². The summed E-state index contributed by atoms with van der Waals surface area (Å²) in [5, 5.41) is 0. The number of anilines is 1. The molecular weight excluding hydrogens is 224 g/mol. The lowest BCUT2D eigenvalue weighted by Gasteiger charge is -2.15. The fourth-order valence-corrected chi connectivity index (χ4v) is 1.92. The lowest BCUT2D eigenvalue weighted by atomic mass is 10.1. The Labute approximate surface area is 108 Å². The summed E-state index contributed by atoms with van der Waals surface area (Å²) >= 11 is 0. The van der Waals surface area contributed by atoms with Crippen LogP contribution in [0.3, 0.4) is 0 Å². The van der Waals surface area contributed by atoms with Gasteiger partial charge in [-0.2, -0.15) is 0 Å². The van der Waals surface area contributed by atoms with E-state index < -0.39 is 0 Å². The van der Waals surface area contributed by atoms with Gasteiger partial charge in [0.1, 0.15) is 0 Å². The van der Waals surface area contributed by atoms with E-state index in [-0.39, 0.29) is 6.04 Å². The zero-order chi connectivity index (χ0) is 13.1. The molecule has 0 radical (unpaired) electrons. The molecular formula is C14H20N4. The second kappa shape index (κ2) is 5.23. The highest BCUT2D eigenvalue weighted by Crippen LogP contribution is 2.20. The predicted molar refractivity (Wildman–Crippen MR) is 75.1 cm³/mol. The lowest BCUT2D eigenvalue weighted by molar-refractivity contribution is 0.660. The minimum absolute atomic E-state index is 0.0287. The molecule has 0 unspecified atom stereocenters. The van der Waals surface area contributed by atoms with E-state index >= 15 is 0 Å². The van der Waals surface area contributed by atoms with Crippen LogP contribution in [-0.4, -0.2) is 23.6 Å². The van der Waals surface area contributed by atoms with Gasteiger partial charge in [0.05, 0.1) is 18.2 Å². The van der Waals surface area contributed by atoms with E-state index in [1.54, 1.807) is 0 Å². The number of benzene rings is 1. The topological polar surface area (TPSA) is 47.1 Å². The Morgan fingerprint density at radius 1 is 1.28 bits per heavy atom. The highest BCUT2D eigenvalue weighted by molar-refractivity contribution is 5.50. The molecule has 2 N–H and O–H groups in total. The summed E-state index contributed by atoms with van der Waals surface area (Å²) in [6, 6.07) is 8.39.